The Balaban J connectivity index is 1.81. The van der Waals surface area contributed by atoms with Gasteiger partial charge in [0.25, 0.3) is 0 Å². The molecule has 0 fully saturated rings. The Bertz CT molecular complexity index is 665. The Morgan fingerprint density at radius 2 is 1.90 bits per heavy atom. The van der Waals surface area contributed by atoms with E-state index in [1.165, 1.54) is 3.57 Å². The van der Waals surface area contributed by atoms with Crippen LogP contribution in [0.2, 0.25) is 0 Å². The van der Waals surface area contributed by atoms with Crippen molar-refractivity contribution in [2.45, 2.75) is 25.9 Å². The van der Waals surface area contributed by atoms with Gasteiger partial charge >= 0.3 is 0 Å². The normalized spacial score (nSPS) is 15.8. The minimum absolute atomic E-state index is 0.555. The SMILES string of the molecule is ON=C1CCCc2c(OCc3ccc(I)cc3)cccc21. The fourth-order valence-electron chi connectivity index (χ4n) is 2.64. The monoisotopic (exact) mass is 393 g/mol. The van der Waals surface area contributed by atoms with Crippen LogP contribution < -0.4 is 4.74 Å². The first-order valence-electron chi connectivity index (χ1n) is 6.98. The highest BCUT2D eigenvalue weighted by Gasteiger charge is 2.19. The standard InChI is InChI=1S/C17H16INO2/c18-13-9-7-12(8-10-13)11-21-17-6-2-3-14-15(17)4-1-5-16(14)19-20/h2-3,6-10,20H,1,4-5,11H2. The van der Waals surface area contributed by atoms with Crippen molar-refractivity contribution in [1.82, 2.24) is 0 Å². The quantitative estimate of drug-likeness (QED) is 0.478. The molecule has 1 aliphatic rings. The molecule has 0 unspecified atom stereocenters. The summed E-state index contributed by atoms with van der Waals surface area (Å²) in [5.41, 5.74) is 4.08. The van der Waals surface area contributed by atoms with Gasteiger partial charge < -0.3 is 9.94 Å². The number of rotatable bonds is 3. The topological polar surface area (TPSA) is 41.8 Å². The second kappa shape index (κ2) is 6.47. The van der Waals surface area contributed by atoms with E-state index in [4.69, 9.17) is 9.94 Å². The molecule has 3 rings (SSSR count). The highest BCUT2D eigenvalue weighted by molar-refractivity contribution is 14.1. The summed E-state index contributed by atoms with van der Waals surface area (Å²) in [6.07, 6.45) is 2.79. The molecule has 0 bridgehead atoms. The number of nitrogens with zero attached hydrogens (tertiary/aromatic N) is 1. The first-order valence-corrected chi connectivity index (χ1v) is 8.06. The summed E-state index contributed by atoms with van der Waals surface area (Å²) in [7, 11) is 0. The maximum Gasteiger partial charge on any atom is 0.123 e. The van der Waals surface area contributed by atoms with Crippen LogP contribution in [0.1, 0.15) is 29.5 Å². The smallest absolute Gasteiger partial charge is 0.123 e. The summed E-state index contributed by atoms with van der Waals surface area (Å²) in [6.45, 7) is 0.555. The van der Waals surface area contributed by atoms with Crippen LogP contribution in [-0.2, 0) is 13.0 Å². The van der Waals surface area contributed by atoms with E-state index in [9.17, 15) is 0 Å². The van der Waals surface area contributed by atoms with Crippen LogP contribution in [0.4, 0.5) is 0 Å². The van der Waals surface area contributed by atoms with Gasteiger partial charge in [-0.3, -0.25) is 0 Å². The molecule has 0 heterocycles. The van der Waals surface area contributed by atoms with E-state index in [0.717, 1.165) is 47.4 Å². The Morgan fingerprint density at radius 1 is 1.10 bits per heavy atom. The number of hydrogen-bond donors (Lipinski definition) is 1. The molecule has 2 aromatic rings. The molecule has 0 aromatic heterocycles. The molecule has 4 heteroatoms. The van der Waals surface area contributed by atoms with E-state index in [-0.39, 0.29) is 0 Å². The van der Waals surface area contributed by atoms with Gasteiger partial charge in [-0.2, -0.15) is 0 Å². The minimum atomic E-state index is 0.555. The number of ether oxygens (including phenoxy) is 1. The zero-order chi connectivity index (χ0) is 14.7. The van der Waals surface area contributed by atoms with E-state index < -0.39 is 0 Å². The molecule has 1 aliphatic carbocycles. The lowest BCUT2D eigenvalue weighted by atomic mass is 9.89. The molecule has 21 heavy (non-hydrogen) atoms. The first kappa shape index (κ1) is 14.4. The van der Waals surface area contributed by atoms with Crippen LogP contribution in [0, 0.1) is 3.57 Å². The van der Waals surface area contributed by atoms with Gasteiger partial charge in [-0.25, -0.2) is 0 Å². The van der Waals surface area contributed by atoms with E-state index in [0.29, 0.717) is 6.61 Å². The number of oxime groups is 1. The van der Waals surface area contributed by atoms with Crippen LogP contribution in [0.15, 0.2) is 47.6 Å². The molecule has 0 spiro atoms. The van der Waals surface area contributed by atoms with Crippen molar-refractivity contribution >= 4 is 28.3 Å². The second-order valence-electron chi connectivity index (χ2n) is 5.10. The van der Waals surface area contributed by atoms with Crippen molar-refractivity contribution in [3.05, 3.63) is 62.7 Å². The number of hydrogen-bond acceptors (Lipinski definition) is 3. The predicted octanol–water partition coefficient (Wildman–Crippen LogP) is 4.38. The zero-order valence-electron chi connectivity index (χ0n) is 11.6. The molecule has 0 saturated carbocycles. The van der Waals surface area contributed by atoms with Crippen molar-refractivity contribution in [2.75, 3.05) is 0 Å². The summed E-state index contributed by atoms with van der Waals surface area (Å²) in [6, 6.07) is 14.3. The average Bonchev–Trinajstić information content (AvgIpc) is 2.53. The Morgan fingerprint density at radius 3 is 2.67 bits per heavy atom. The van der Waals surface area contributed by atoms with Gasteiger partial charge in [-0.05, 0) is 65.6 Å². The van der Waals surface area contributed by atoms with Crippen LogP contribution >= 0.6 is 22.6 Å². The molecule has 1 N–H and O–H groups in total. The highest BCUT2D eigenvalue weighted by Crippen LogP contribution is 2.30. The third-order valence-corrected chi connectivity index (χ3v) is 4.43. The van der Waals surface area contributed by atoms with Crippen molar-refractivity contribution in [3.63, 3.8) is 0 Å². The number of halogens is 1. The summed E-state index contributed by atoms with van der Waals surface area (Å²) >= 11 is 2.29. The summed E-state index contributed by atoms with van der Waals surface area (Å²) in [5, 5.41) is 12.5. The lowest BCUT2D eigenvalue weighted by Gasteiger charge is -2.20. The van der Waals surface area contributed by atoms with Crippen molar-refractivity contribution in [1.29, 1.82) is 0 Å². The van der Waals surface area contributed by atoms with Gasteiger partial charge in [-0.1, -0.05) is 29.4 Å². The zero-order valence-corrected chi connectivity index (χ0v) is 13.7. The Kier molecular flexibility index (Phi) is 4.43. The Hall–Kier alpha value is -1.56. The second-order valence-corrected chi connectivity index (χ2v) is 6.34. The molecular formula is C17H16INO2. The largest absolute Gasteiger partial charge is 0.489 e. The third-order valence-electron chi connectivity index (χ3n) is 3.71. The van der Waals surface area contributed by atoms with Crippen LogP contribution in [0.5, 0.6) is 5.75 Å². The van der Waals surface area contributed by atoms with Crippen LogP contribution in [0.3, 0.4) is 0 Å². The van der Waals surface area contributed by atoms with Crippen molar-refractivity contribution in [2.24, 2.45) is 5.16 Å². The van der Waals surface area contributed by atoms with Gasteiger partial charge in [0.15, 0.2) is 0 Å². The van der Waals surface area contributed by atoms with E-state index in [1.807, 2.05) is 18.2 Å². The first-order chi connectivity index (χ1) is 10.3. The van der Waals surface area contributed by atoms with Gasteiger partial charge in [0.2, 0.25) is 0 Å². The van der Waals surface area contributed by atoms with E-state index in [1.54, 1.807) is 0 Å². The molecule has 0 aliphatic heterocycles. The predicted molar refractivity (Wildman–Crippen MR) is 91.2 cm³/mol. The molecule has 0 amide bonds. The minimum Gasteiger partial charge on any atom is -0.489 e. The molecular weight excluding hydrogens is 377 g/mol. The highest BCUT2D eigenvalue weighted by atomic mass is 127. The van der Waals surface area contributed by atoms with Gasteiger partial charge in [-0.15, -0.1) is 0 Å². The lowest BCUT2D eigenvalue weighted by Crippen LogP contribution is -2.13. The summed E-state index contributed by atoms with van der Waals surface area (Å²) in [5.74, 6) is 0.895. The molecule has 0 atom stereocenters. The molecule has 2 aromatic carbocycles. The summed E-state index contributed by atoms with van der Waals surface area (Å²) < 4.78 is 7.20. The van der Waals surface area contributed by atoms with Gasteiger partial charge in [0, 0.05) is 14.7 Å². The molecule has 108 valence electrons. The molecule has 0 radical (unpaired) electrons. The van der Waals surface area contributed by atoms with Crippen LogP contribution in [-0.4, -0.2) is 10.9 Å². The van der Waals surface area contributed by atoms with Crippen molar-refractivity contribution < 1.29 is 9.94 Å². The maximum absolute atomic E-state index is 9.11. The van der Waals surface area contributed by atoms with E-state index >= 15 is 0 Å². The van der Waals surface area contributed by atoms with E-state index in [2.05, 4.69) is 52.0 Å². The molecule has 3 nitrogen and oxygen atoms in total. The molecule has 0 saturated heterocycles. The fraction of sp³-hybridized carbons (Fsp3) is 0.235. The van der Waals surface area contributed by atoms with Gasteiger partial charge in [0.05, 0.1) is 5.71 Å². The van der Waals surface area contributed by atoms with Crippen molar-refractivity contribution in [3.8, 4) is 5.75 Å². The summed E-state index contributed by atoms with van der Waals surface area (Å²) in [4.78, 5) is 0. The maximum atomic E-state index is 9.11. The third kappa shape index (κ3) is 3.20. The average molecular weight is 393 g/mol. The Labute approximate surface area is 137 Å². The lowest BCUT2D eigenvalue weighted by molar-refractivity contribution is 0.301. The number of benzene rings is 2. The van der Waals surface area contributed by atoms with Gasteiger partial charge in [0.1, 0.15) is 12.4 Å². The number of fused-ring (bicyclic) bond motifs is 1. The van der Waals surface area contributed by atoms with Crippen LogP contribution in [0.25, 0.3) is 0 Å². The fourth-order valence-corrected chi connectivity index (χ4v) is 3.00.